The molecule has 32 heavy (non-hydrogen) atoms. The number of hydrogen-bond acceptors (Lipinski definition) is 6. The molecule has 4 rings (SSSR count). The van der Waals surface area contributed by atoms with Gasteiger partial charge in [-0.15, -0.1) is 10.2 Å². The van der Waals surface area contributed by atoms with Gasteiger partial charge in [-0.25, -0.2) is 8.42 Å². The second kappa shape index (κ2) is 9.48. The SMILES string of the molecule is CC(C)c1ccc(S(=O)(=O)N2CCC[C@@H](c3nnc(C(=O)Nc4ccccc4)s3)C2)cc1. The van der Waals surface area contributed by atoms with E-state index >= 15 is 0 Å². The van der Waals surface area contributed by atoms with Crippen LogP contribution in [0.5, 0.6) is 0 Å². The summed E-state index contributed by atoms with van der Waals surface area (Å²) in [6, 6.07) is 16.3. The third-order valence-corrected chi connectivity index (χ3v) is 8.55. The summed E-state index contributed by atoms with van der Waals surface area (Å²) in [4.78, 5) is 12.8. The predicted molar refractivity (Wildman–Crippen MR) is 126 cm³/mol. The first kappa shape index (κ1) is 22.6. The standard InChI is InChI=1S/C23H26N4O3S2/c1-16(2)17-10-12-20(13-11-17)32(29,30)27-14-6-7-18(15-27)22-25-26-23(31-22)21(28)24-19-8-4-3-5-9-19/h3-5,8-13,16,18H,6-7,14-15H2,1-2H3,(H,24,28)/t18-/m1/s1. The number of amides is 1. The molecule has 1 aliphatic rings. The van der Waals surface area contributed by atoms with Crippen LogP contribution >= 0.6 is 11.3 Å². The highest BCUT2D eigenvalue weighted by Crippen LogP contribution is 2.32. The molecule has 1 saturated heterocycles. The van der Waals surface area contributed by atoms with E-state index in [2.05, 4.69) is 29.4 Å². The highest BCUT2D eigenvalue weighted by atomic mass is 32.2. The number of piperidine rings is 1. The average Bonchev–Trinajstić information content (AvgIpc) is 3.30. The van der Waals surface area contributed by atoms with E-state index in [1.54, 1.807) is 24.3 Å². The molecule has 1 N–H and O–H groups in total. The Morgan fingerprint density at radius 2 is 1.81 bits per heavy atom. The zero-order valence-electron chi connectivity index (χ0n) is 18.1. The van der Waals surface area contributed by atoms with Gasteiger partial charge in [0.05, 0.1) is 4.90 Å². The van der Waals surface area contributed by atoms with Crippen molar-refractivity contribution in [3.05, 3.63) is 70.2 Å². The molecule has 0 unspecified atom stereocenters. The third-order valence-electron chi connectivity index (χ3n) is 5.58. The first-order chi connectivity index (χ1) is 15.3. The van der Waals surface area contributed by atoms with E-state index in [0.29, 0.717) is 34.6 Å². The lowest BCUT2D eigenvalue weighted by Gasteiger charge is -2.30. The van der Waals surface area contributed by atoms with Crippen molar-refractivity contribution in [1.82, 2.24) is 14.5 Å². The van der Waals surface area contributed by atoms with Crippen LogP contribution in [-0.4, -0.2) is 41.9 Å². The van der Waals surface area contributed by atoms with E-state index in [9.17, 15) is 13.2 Å². The van der Waals surface area contributed by atoms with Gasteiger partial charge in [0.1, 0.15) is 5.01 Å². The van der Waals surface area contributed by atoms with Gasteiger partial charge in [-0.1, -0.05) is 55.5 Å². The Kier molecular flexibility index (Phi) is 6.68. The monoisotopic (exact) mass is 470 g/mol. The van der Waals surface area contributed by atoms with Crippen LogP contribution in [0, 0.1) is 0 Å². The van der Waals surface area contributed by atoms with Crippen molar-refractivity contribution < 1.29 is 13.2 Å². The van der Waals surface area contributed by atoms with E-state index in [1.807, 2.05) is 30.3 Å². The molecule has 0 spiro atoms. The fourth-order valence-electron chi connectivity index (χ4n) is 3.73. The second-order valence-corrected chi connectivity index (χ2v) is 11.1. The van der Waals surface area contributed by atoms with Gasteiger partial charge in [-0.2, -0.15) is 4.31 Å². The van der Waals surface area contributed by atoms with Crippen molar-refractivity contribution in [2.24, 2.45) is 0 Å². The fourth-order valence-corrected chi connectivity index (χ4v) is 6.12. The van der Waals surface area contributed by atoms with Crippen molar-refractivity contribution in [3.63, 3.8) is 0 Å². The first-order valence-corrected chi connectivity index (χ1v) is 12.9. The third kappa shape index (κ3) is 4.90. The molecule has 2 aromatic carbocycles. The number of carbonyl (C=O) groups is 1. The Morgan fingerprint density at radius 1 is 1.09 bits per heavy atom. The summed E-state index contributed by atoms with van der Waals surface area (Å²) in [5, 5.41) is 12.0. The largest absolute Gasteiger partial charge is 0.320 e. The van der Waals surface area contributed by atoms with Gasteiger partial charge in [0.2, 0.25) is 15.0 Å². The number of carbonyl (C=O) groups excluding carboxylic acids is 1. The highest BCUT2D eigenvalue weighted by Gasteiger charge is 2.32. The molecule has 0 bridgehead atoms. The Morgan fingerprint density at radius 3 is 2.50 bits per heavy atom. The molecule has 1 aliphatic heterocycles. The maximum Gasteiger partial charge on any atom is 0.286 e. The summed E-state index contributed by atoms with van der Waals surface area (Å²) in [5.74, 6) is -0.0495. The van der Waals surface area contributed by atoms with Crippen LogP contribution in [0.2, 0.25) is 0 Å². The molecule has 168 valence electrons. The number of sulfonamides is 1. The van der Waals surface area contributed by atoms with Gasteiger partial charge >= 0.3 is 0 Å². The van der Waals surface area contributed by atoms with Crippen LogP contribution in [0.25, 0.3) is 0 Å². The highest BCUT2D eigenvalue weighted by molar-refractivity contribution is 7.89. The zero-order chi connectivity index (χ0) is 22.7. The quantitative estimate of drug-likeness (QED) is 0.573. The molecule has 1 atom stereocenters. The molecule has 0 aliphatic carbocycles. The van der Waals surface area contributed by atoms with Gasteiger partial charge in [-0.3, -0.25) is 4.79 Å². The molecule has 9 heteroatoms. The van der Waals surface area contributed by atoms with Gasteiger partial charge < -0.3 is 5.32 Å². The first-order valence-electron chi connectivity index (χ1n) is 10.6. The Labute approximate surface area is 192 Å². The molecule has 1 fully saturated rings. The molecule has 2 heterocycles. The van der Waals surface area contributed by atoms with E-state index in [1.165, 1.54) is 15.6 Å². The molecule has 1 amide bonds. The van der Waals surface area contributed by atoms with Crippen LogP contribution in [0.3, 0.4) is 0 Å². The Balaban J connectivity index is 1.46. The lowest BCUT2D eigenvalue weighted by atomic mass is 10.0. The van der Waals surface area contributed by atoms with Crippen LogP contribution < -0.4 is 5.32 Å². The Hall–Kier alpha value is -2.62. The van der Waals surface area contributed by atoms with Gasteiger partial charge in [0.25, 0.3) is 5.91 Å². The van der Waals surface area contributed by atoms with Crippen LogP contribution in [0.1, 0.15) is 58.9 Å². The lowest BCUT2D eigenvalue weighted by molar-refractivity contribution is 0.102. The number of anilines is 1. The number of rotatable bonds is 6. The smallest absolute Gasteiger partial charge is 0.286 e. The summed E-state index contributed by atoms with van der Waals surface area (Å²) in [5.41, 5.74) is 1.79. The van der Waals surface area contributed by atoms with Gasteiger partial charge in [0, 0.05) is 24.7 Å². The number of para-hydroxylation sites is 1. The topological polar surface area (TPSA) is 92.3 Å². The summed E-state index contributed by atoms with van der Waals surface area (Å²) < 4.78 is 27.9. The summed E-state index contributed by atoms with van der Waals surface area (Å²) in [7, 11) is -3.59. The van der Waals surface area contributed by atoms with Crippen molar-refractivity contribution in [1.29, 1.82) is 0 Å². The molecule has 7 nitrogen and oxygen atoms in total. The molecule has 1 aromatic heterocycles. The number of aromatic nitrogens is 2. The van der Waals surface area contributed by atoms with Crippen molar-refractivity contribution in [2.75, 3.05) is 18.4 Å². The fraction of sp³-hybridized carbons (Fsp3) is 0.348. The Bertz CT molecular complexity index is 1180. The minimum Gasteiger partial charge on any atom is -0.320 e. The number of nitrogens with one attached hydrogen (secondary N) is 1. The lowest BCUT2D eigenvalue weighted by Crippen LogP contribution is -2.39. The van der Waals surface area contributed by atoms with E-state index in [0.717, 1.165) is 18.4 Å². The predicted octanol–water partition coefficient (Wildman–Crippen LogP) is 4.48. The summed E-state index contributed by atoms with van der Waals surface area (Å²) >= 11 is 1.22. The van der Waals surface area contributed by atoms with E-state index in [4.69, 9.17) is 0 Å². The number of nitrogens with zero attached hydrogens (tertiary/aromatic N) is 3. The molecular weight excluding hydrogens is 444 g/mol. The van der Waals surface area contributed by atoms with Crippen molar-refractivity contribution in [2.45, 2.75) is 43.4 Å². The minimum absolute atomic E-state index is 0.0794. The summed E-state index contributed by atoms with van der Waals surface area (Å²) in [6.07, 6.45) is 1.55. The van der Waals surface area contributed by atoms with Crippen molar-refractivity contribution in [3.8, 4) is 0 Å². The van der Waals surface area contributed by atoms with E-state index in [-0.39, 0.29) is 16.8 Å². The zero-order valence-corrected chi connectivity index (χ0v) is 19.7. The van der Waals surface area contributed by atoms with Crippen LogP contribution in [0.15, 0.2) is 59.5 Å². The van der Waals surface area contributed by atoms with Gasteiger partial charge in [0.15, 0.2) is 0 Å². The summed E-state index contributed by atoms with van der Waals surface area (Å²) in [6.45, 7) is 4.97. The normalized spacial score (nSPS) is 17.4. The average molecular weight is 471 g/mol. The van der Waals surface area contributed by atoms with Crippen LogP contribution in [-0.2, 0) is 10.0 Å². The number of hydrogen-bond donors (Lipinski definition) is 1. The molecule has 0 radical (unpaired) electrons. The maximum absolute atomic E-state index is 13.2. The van der Waals surface area contributed by atoms with Gasteiger partial charge in [-0.05, 0) is 48.6 Å². The molecule has 0 saturated carbocycles. The molecule has 3 aromatic rings. The number of benzene rings is 2. The molecular formula is C23H26N4O3S2. The second-order valence-electron chi connectivity index (χ2n) is 8.19. The van der Waals surface area contributed by atoms with Crippen LogP contribution in [0.4, 0.5) is 5.69 Å². The maximum atomic E-state index is 13.2. The minimum atomic E-state index is -3.59. The van der Waals surface area contributed by atoms with E-state index < -0.39 is 10.0 Å². The van der Waals surface area contributed by atoms with Crippen molar-refractivity contribution >= 4 is 33.0 Å².